The molecule has 1 aromatic rings. The van der Waals surface area contributed by atoms with Crippen LogP contribution < -0.4 is 10.6 Å². The van der Waals surface area contributed by atoms with Crippen LogP contribution in [-0.4, -0.2) is 24.5 Å². The monoisotopic (exact) mass is 261 g/mol. The minimum absolute atomic E-state index is 0.112. The fraction of sp³-hybridized carbons (Fsp3) is 0.600. The molecule has 1 fully saturated rings. The lowest BCUT2D eigenvalue weighted by molar-refractivity contribution is -0.129. The molecule has 1 aliphatic carbocycles. The Morgan fingerprint density at radius 2 is 2.16 bits per heavy atom. The van der Waals surface area contributed by atoms with Crippen LogP contribution in [0.25, 0.3) is 0 Å². The molecule has 0 bridgehead atoms. The van der Waals surface area contributed by atoms with Crippen LogP contribution in [0.3, 0.4) is 0 Å². The van der Waals surface area contributed by atoms with Gasteiger partial charge in [0.15, 0.2) is 0 Å². The maximum absolute atomic E-state index is 12.8. The Bertz CT molecular complexity index is 424. The van der Waals surface area contributed by atoms with Crippen molar-refractivity contribution in [3.8, 4) is 0 Å². The van der Waals surface area contributed by atoms with E-state index in [2.05, 4.69) is 11.9 Å². The van der Waals surface area contributed by atoms with Gasteiger partial charge in [0.2, 0.25) is 5.91 Å². The van der Waals surface area contributed by atoms with Crippen molar-refractivity contribution in [2.75, 3.05) is 18.5 Å². The molecule has 1 aromatic heterocycles. The van der Waals surface area contributed by atoms with Crippen LogP contribution in [0.15, 0.2) is 24.4 Å². The molecule has 0 atom stereocenters. The van der Waals surface area contributed by atoms with Crippen LogP contribution in [0.5, 0.6) is 0 Å². The number of carbonyl (C=O) groups is 1. The third-order valence-corrected chi connectivity index (χ3v) is 4.37. The molecule has 0 aliphatic heterocycles. The van der Waals surface area contributed by atoms with E-state index in [1.54, 1.807) is 18.1 Å². The number of hydrogen-bond acceptors (Lipinski definition) is 3. The summed E-state index contributed by atoms with van der Waals surface area (Å²) in [6.45, 7) is 2.67. The molecule has 0 radical (unpaired) electrons. The molecular formula is C15H23N3O. The van der Waals surface area contributed by atoms with E-state index in [1.165, 1.54) is 0 Å². The lowest BCUT2D eigenvalue weighted by atomic mass is 9.70. The molecule has 1 heterocycles. The number of anilines is 1. The number of nitrogens with two attached hydrogens (primary N) is 1. The molecule has 1 amide bonds. The van der Waals surface area contributed by atoms with Gasteiger partial charge in [-0.15, -0.1) is 0 Å². The number of rotatable bonds is 3. The van der Waals surface area contributed by atoms with E-state index >= 15 is 0 Å². The molecule has 0 unspecified atom stereocenters. The second-order valence-electron chi connectivity index (χ2n) is 5.72. The van der Waals surface area contributed by atoms with Crippen molar-refractivity contribution in [3.05, 3.63) is 24.4 Å². The van der Waals surface area contributed by atoms with Crippen molar-refractivity contribution >= 4 is 11.7 Å². The summed E-state index contributed by atoms with van der Waals surface area (Å²) >= 11 is 0. The Hall–Kier alpha value is -1.42. The normalized spacial score (nSPS) is 27.0. The minimum Gasteiger partial charge on any atom is -0.329 e. The molecule has 1 aliphatic rings. The highest BCUT2D eigenvalue weighted by molar-refractivity contribution is 5.96. The van der Waals surface area contributed by atoms with Crippen LogP contribution in [0.4, 0.5) is 5.82 Å². The van der Waals surface area contributed by atoms with Crippen LogP contribution >= 0.6 is 0 Å². The second kappa shape index (κ2) is 5.70. The first-order valence-corrected chi connectivity index (χ1v) is 6.98. The summed E-state index contributed by atoms with van der Waals surface area (Å²) in [5.41, 5.74) is 5.54. The first-order valence-electron chi connectivity index (χ1n) is 6.98. The average Bonchev–Trinajstić information content (AvgIpc) is 2.48. The Morgan fingerprint density at radius 3 is 2.68 bits per heavy atom. The van der Waals surface area contributed by atoms with E-state index in [1.807, 2.05) is 18.2 Å². The van der Waals surface area contributed by atoms with Gasteiger partial charge in [0.05, 0.1) is 5.41 Å². The Kier molecular flexibility index (Phi) is 4.20. The zero-order chi connectivity index (χ0) is 13.9. The number of carbonyl (C=O) groups excluding carboxylic acids is 1. The van der Waals surface area contributed by atoms with Gasteiger partial charge in [0.25, 0.3) is 0 Å². The molecule has 104 valence electrons. The van der Waals surface area contributed by atoms with Gasteiger partial charge < -0.3 is 5.73 Å². The van der Waals surface area contributed by atoms with Gasteiger partial charge in [-0.3, -0.25) is 9.69 Å². The maximum Gasteiger partial charge on any atom is 0.235 e. The maximum atomic E-state index is 12.8. The lowest BCUT2D eigenvalue weighted by Crippen LogP contribution is -2.48. The van der Waals surface area contributed by atoms with Gasteiger partial charge >= 0.3 is 0 Å². The largest absolute Gasteiger partial charge is 0.329 e. The Balaban J connectivity index is 2.17. The topological polar surface area (TPSA) is 59.2 Å². The first-order chi connectivity index (χ1) is 9.09. The molecule has 2 N–H and O–H groups in total. The van der Waals surface area contributed by atoms with Gasteiger partial charge in [-0.1, -0.05) is 13.0 Å². The van der Waals surface area contributed by atoms with Crippen LogP contribution in [-0.2, 0) is 4.79 Å². The zero-order valence-electron chi connectivity index (χ0n) is 11.8. The molecule has 0 spiro atoms. The average molecular weight is 261 g/mol. The van der Waals surface area contributed by atoms with E-state index in [-0.39, 0.29) is 5.91 Å². The van der Waals surface area contributed by atoms with Crippen molar-refractivity contribution in [1.29, 1.82) is 0 Å². The predicted molar refractivity (Wildman–Crippen MR) is 76.8 cm³/mol. The van der Waals surface area contributed by atoms with E-state index in [4.69, 9.17) is 5.73 Å². The molecule has 4 nitrogen and oxygen atoms in total. The number of pyridine rings is 1. The lowest BCUT2D eigenvalue weighted by Gasteiger charge is -2.39. The molecule has 4 heteroatoms. The van der Waals surface area contributed by atoms with Gasteiger partial charge in [-0.2, -0.15) is 0 Å². The van der Waals surface area contributed by atoms with Crippen LogP contribution in [0.2, 0.25) is 0 Å². The summed E-state index contributed by atoms with van der Waals surface area (Å²) in [6.07, 6.45) is 5.65. The highest BCUT2D eigenvalue weighted by Gasteiger charge is 2.41. The van der Waals surface area contributed by atoms with Crippen molar-refractivity contribution < 1.29 is 4.79 Å². The van der Waals surface area contributed by atoms with Gasteiger partial charge in [-0.25, -0.2) is 4.98 Å². The summed E-state index contributed by atoms with van der Waals surface area (Å²) in [4.78, 5) is 18.7. The number of aromatic nitrogens is 1. The third-order valence-electron chi connectivity index (χ3n) is 4.37. The smallest absolute Gasteiger partial charge is 0.235 e. The predicted octanol–water partition coefficient (Wildman–Crippen LogP) is 2.20. The van der Waals surface area contributed by atoms with Crippen LogP contribution in [0.1, 0.15) is 32.6 Å². The highest BCUT2D eigenvalue weighted by Crippen LogP contribution is 2.39. The summed E-state index contributed by atoms with van der Waals surface area (Å²) in [6, 6.07) is 5.60. The van der Waals surface area contributed by atoms with Crippen LogP contribution in [0, 0.1) is 11.3 Å². The van der Waals surface area contributed by atoms with E-state index in [0.29, 0.717) is 18.3 Å². The Morgan fingerprint density at radius 1 is 1.47 bits per heavy atom. The molecule has 1 saturated carbocycles. The summed E-state index contributed by atoms with van der Waals surface area (Å²) in [5, 5.41) is 0. The number of amides is 1. The molecule has 19 heavy (non-hydrogen) atoms. The van der Waals surface area contributed by atoms with Crippen molar-refractivity contribution in [2.24, 2.45) is 17.1 Å². The van der Waals surface area contributed by atoms with Gasteiger partial charge in [0, 0.05) is 19.8 Å². The Labute approximate surface area is 115 Å². The molecule has 2 rings (SSSR count). The first kappa shape index (κ1) is 14.0. The van der Waals surface area contributed by atoms with E-state index in [9.17, 15) is 4.79 Å². The second-order valence-corrected chi connectivity index (χ2v) is 5.72. The standard InChI is InChI=1S/C15H23N3O/c1-12-6-8-15(11-16,9-7-12)14(19)18(2)13-5-3-4-10-17-13/h3-5,10,12H,6-9,11,16H2,1-2H3. The fourth-order valence-electron chi connectivity index (χ4n) is 2.83. The van der Waals surface area contributed by atoms with Gasteiger partial charge in [-0.05, 0) is 43.7 Å². The number of nitrogens with zero attached hydrogens (tertiary/aromatic N) is 2. The van der Waals surface area contributed by atoms with Gasteiger partial charge in [0.1, 0.15) is 5.82 Å². The molecule has 0 saturated heterocycles. The number of hydrogen-bond donors (Lipinski definition) is 1. The SMILES string of the molecule is CC1CCC(CN)(C(=O)N(C)c2ccccn2)CC1. The van der Waals surface area contributed by atoms with Crippen molar-refractivity contribution in [3.63, 3.8) is 0 Å². The zero-order valence-corrected chi connectivity index (χ0v) is 11.8. The summed E-state index contributed by atoms with van der Waals surface area (Å²) in [5.74, 6) is 1.51. The molecule has 0 aromatic carbocycles. The van der Waals surface area contributed by atoms with Crippen molar-refractivity contribution in [2.45, 2.75) is 32.6 Å². The summed E-state index contributed by atoms with van der Waals surface area (Å²) in [7, 11) is 1.79. The minimum atomic E-state index is -0.390. The fourth-order valence-corrected chi connectivity index (χ4v) is 2.83. The summed E-state index contributed by atoms with van der Waals surface area (Å²) < 4.78 is 0. The van der Waals surface area contributed by atoms with E-state index < -0.39 is 5.41 Å². The van der Waals surface area contributed by atoms with E-state index in [0.717, 1.165) is 25.7 Å². The quantitative estimate of drug-likeness (QED) is 0.907. The highest BCUT2D eigenvalue weighted by atomic mass is 16.2. The third kappa shape index (κ3) is 2.78. The van der Waals surface area contributed by atoms with Crippen molar-refractivity contribution in [1.82, 2.24) is 4.98 Å². The molecular weight excluding hydrogens is 238 g/mol.